The van der Waals surface area contributed by atoms with Crippen LogP contribution in [0.2, 0.25) is 5.02 Å². The van der Waals surface area contributed by atoms with Crippen molar-refractivity contribution in [2.45, 2.75) is 6.92 Å². The van der Waals surface area contributed by atoms with Gasteiger partial charge in [-0.1, -0.05) is 45.7 Å². The minimum Gasteiger partial charge on any atom is -0.478 e. The molecule has 0 aliphatic carbocycles. The Kier molecular flexibility index (Phi) is 5.58. The van der Waals surface area contributed by atoms with Crippen molar-refractivity contribution in [1.29, 1.82) is 0 Å². The lowest BCUT2D eigenvalue weighted by atomic mass is 10.1. The fourth-order valence-electron chi connectivity index (χ4n) is 1.87. The van der Waals surface area contributed by atoms with Gasteiger partial charge in [0.2, 0.25) is 0 Å². The third-order valence-corrected chi connectivity index (χ3v) is 4.15. The Bertz CT molecular complexity index is 802. The molecule has 0 aliphatic heterocycles. The van der Waals surface area contributed by atoms with Gasteiger partial charge < -0.3 is 10.4 Å². The predicted octanol–water partition coefficient (Wildman–Crippen LogP) is 4.84. The molecule has 2 rings (SSSR count). The standard InChI is InChI=1S/C17H13BrClNO3/c1-10(8-11-4-2-3-5-13(11)18)16(21)20-15-9-12(17(22)23)6-7-14(15)19/h2-9H,1H3,(H,20,21)(H,22,23)/b10-8+. The summed E-state index contributed by atoms with van der Waals surface area (Å²) in [6.45, 7) is 1.67. The second-order valence-corrected chi connectivity index (χ2v) is 6.06. The largest absolute Gasteiger partial charge is 0.478 e. The number of aromatic carboxylic acids is 1. The lowest BCUT2D eigenvalue weighted by Crippen LogP contribution is -2.13. The Labute approximate surface area is 146 Å². The second kappa shape index (κ2) is 7.44. The van der Waals surface area contributed by atoms with Crippen LogP contribution in [0.25, 0.3) is 6.08 Å². The summed E-state index contributed by atoms with van der Waals surface area (Å²) in [6.07, 6.45) is 1.73. The molecule has 0 radical (unpaired) electrons. The Balaban J connectivity index is 2.23. The lowest BCUT2D eigenvalue weighted by Gasteiger charge is -2.09. The van der Waals surface area contributed by atoms with Crippen LogP contribution < -0.4 is 5.32 Å². The van der Waals surface area contributed by atoms with E-state index in [1.807, 2.05) is 24.3 Å². The van der Waals surface area contributed by atoms with Crippen molar-refractivity contribution in [3.63, 3.8) is 0 Å². The molecule has 0 bridgehead atoms. The average molecular weight is 395 g/mol. The molecule has 23 heavy (non-hydrogen) atoms. The minimum atomic E-state index is -1.09. The third kappa shape index (κ3) is 4.43. The van der Waals surface area contributed by atoms with Crippen molar-refractivity contribution in [3.05, 3.63) is 68.7 Å². The van der Waals surface area contributed by atoms with Crippen LogP contribution in [0.5, 0.6) is 0 Å². The van der Waals surface area contributed by atoms with E-state index in [1.54, 1.807) is 13.0 Å². The molecule has 118 valence electrons. The number of nitrogens with one attached hydrogen (secondary N) is 1. The number of anilines is 1. The smallest absolute Gasteiger partial charge is 0.335 e. The number of carboxylic acids is 1. The van der Waals surface area contributed by atoms with Gasteiger partial charge in [0.05, 0.1) is 16.3 Å². The topological polar surface area (TPSA) is 66.4 Å². The van der Waals surface area contributed by atoms with E-state index in [2.05, 4.69) is 21.2 Å². The zero-order valence-electron chi connectivity index (χ0n) is 12.1. The molecule has 1 amide bonds. The molecule has 0 aliphatic rings. The Morgan fingerprint density at radius 1 is 1.22 bits per heavy atom. The number of carbonyl (C=O) groups excluding carboxylic acids is 1. The Morgan fingerprint density at radius 3 is 2.57 bits per heavy atom. The first-order valence-electron chi connectivity index (χ1n) is 6.65. The first kappa shape index (κ1) is 17.2. The fourth-order valence-corrected chi connectivity index (χ4v) is 2.43. The van der Waals surface area contributed by atoms with Gasteiger partial charge in [0.25, 0.3) is 5.91 Å². The number of rotatable bonds is 4. The van der Waals surface area contributed by atoms with E-state index >= 15 is 0 Å². The summed E-state index contributed by atoms with van der Waals surface area (Å²) < 4.78 is 0.873. The molecule has 2 aromatic carbocycles. The van der Waals surface area contributed by atoms with Gasteiger partial charge >= 0.3 is 5.97 Å². The van der Waals surface area contributed by atoms with Gasteiger partial charge in [-0.3, -0.25) is 4.79 Å². The van der Waals surface area contributed by atoms with Gasteiger partial charge in [-0.2, -0.15) is 0 Å². The number of halogens is 2. The van der Waals surface area contributed by atoms with Crippen molar-refractivity contribution in [2.24, 2.45) is 0 Å². The van der Waals surface area contributed by atoms with Gasteiger partial charge in [0, 0.05) is 10.0 Å². The van der Waals surface area contributed by atoms with Crippen LogP contribution in [0, 0.1) is 0 Å². The summed E-state index contributed by atoms with van der Waals surface area (Å²) in [7, 11) is 0. The van der Waals surface area contributed by atoms with E-state index in [-0.39, 0.29) is 22.2 Å². The van der Waals surface area contributed by atoms with Crippen LogP contribution in [0.4, 0.5) is 5.69 Å². The summed E-state index contributed by atoms with van der Waals surface area (Å²) in [6, 6.07) is 11.7. The molecule has 0 unspecified atom stereocenters. The molecule has 2 N–H and O–H groups in total. The number of carbonyl (C=O) groups is 2. The molecule has 0 aromatic heterocycles. The zero-order valence-corrected chi connectivity index (χ0v) is 14.5. The van der Waals surface area contributed by atoms with Crippen molar-refractivity contribution >= 4 is 51.2 Å². The SMILES string of the molecule is C/C(=C\c1ccccc1Br)C(=O)Nc1cc(C(=O)O)ccc1Cl. The number of hydrogen-bond donors (Lipinski definition) is 2. The molecular formula is C17H13BrClNO3. The molecule has 6 heteroatoms. The van der Waals surface area contributed by atoms with Crippen molar-refractivity contribution < 1.29 is 14.7 Å². The number of amides is 1. The van der Waals surface area contributed by atoms with Crippen LogP contribution in [0.1, 0.15) is 22.8 Å². The van der Waals surface area contributed by atoms with Gasteiger partial charge in [-0.15, -0.1) is 0 Å². The van der Waals surface area contributed by atoms with Crippen molar-refractivity contribution in [3.8, 4) is 0 Å². The summed E-state index contributed by atoms with van der Waals surface area (Å²) in [5.41, 5.74) is 1.65. The first-order valence-corrected chi connectivity index (χ1v) is 7.82. The molecule has 0 spiro atoms. The van der Waals surface area contributed by atoms with E-state index in [9.17, 15) is 9.59 Å². The maximum atomic E-state index is 12.3. The quantitative estimate of drug-likeness (QED) is 0.729. The lowest BCUT2D eigenvalue weighted by molar-refractivity contribution is -0.112. The van der Waals surface area contributed by atoms with Gasteiger partial charge in [-0.05, 0) is 42.8 Å². The van der Waals surface area contributed by atoms with Crippen LogP contribution in [0.15, 0.2) is 52.5 Å². The normalized spacial score (nSPS) is 11.2. The summed E-state index contributed by atoms with van der Waals surface area (Å²) in [5, 5.41) is 11.9. The van der Waals surface area contributed by atoms with Gasteiger partial charge in [-0.25, -0.2) is 4.79 Å². The highest BCUT2D eigenvalue weighted by Gasteiger charge is 2.11. The third-order valence-electron chi connectivity index (χ3n) is 3.10. The fraction of sp³-hybridized carbons (Fsp3) is 0.0588. The Hall–Kier alpha value is -2.11. The highest BCUT2D eigenvalue weighted by Crippen LogP contribution is 2.24. The molecular weight excluding hydrogens is 382 g/mol. The maximum absolute atomic E-state index is 12.3. The molecule has 0 heterocycles. The van der Waals surface area contributed by atoms with Crippen LogP contribution in [-0.2, 0) is 4.79 Å². The molecule has 0 atom stereocenters. The number of hydrogen-bond acceptors (Lipinski definition) is 2. The molecule has 2 aromatic rings. The van der Waals surface area contributed by atoms with Gasteiger partial charge in [0.1, 0.15) is 0 Å². The molecule has 0 saturated heterocycles. The zero-order chi connectivity index (χ0) is 17.0. The minimum absolute atomic E-state index is 0.0529. The van der Waals surface area contributed by atoms with E-state index in [0.717, 1.165) is 10.0 Å². The predicted molar refractivity (Wildman–Crippen MR) is 94.8 cm³/mol. The van der Waals surface area contributed by atoms with E-state index < -0.39 is 5.97 Å². The van der Waals surface area contributed by atoms with E-state index in [4.69, 9.17) is 16.7 Å². The monoisotopic (exact) mass is 393 g/mol. The van der Waals surface area contributed by atoms with Crippen LogP contribution in [-0.4, -0.2) is 17.0 Å². The summed E-state index contributed by atoms with van der Waals surface area (Å²) in [5.74, 6) is -1.44. The van der Waals surface area contributed by atoms with Crippen LogP contribution >= 0.6 is 27.5 Å². The average Bonchev–Trinajstić information content (AvgIpc) is 2.51. The molecule has 0 saturated carbocycles. The van der Waals surface area contributed by atoms with Gasteiger partial charge in [0.15, 0.2) is 0 Å². The number of benzene rings is 2. The first-order chi connectivity index (χ1) is 10.9. The molecule has 4 nitrogen and oxygen atoms in total. The van der Waals surface area contributed by atoms with E-state index in [0.29, 0.717) is 5.57 Å². The summed E-state index contributed by atoms with van der Waals surface area (Å²) >= 11 is 9.42. The molecule has 0 fully saturated rings. The second-order valence-electron chi connectivity index (χ2n) is 4.80. The Morgan fingerprint density at radius 2 is 1.91 bits per heavy atom. The van der Waals surface area contributed by atoms with Crippen LogP contribution in [0.3, 0.4) is 0 Å². The van der Waals surface area contributed by atoms with Crippen molar-refractivity contribution in [2.75, 3.05) is 5.32 Å². The van der Waals surface area contributed by atoms with Crippen molar-refractivity contribution in [1.82, 2.24) is 0 Å². The highest BCUT2D eigenvalue weighted by atomic mass is 79.9. The van der Waals surface area contributed by atoms with E-state index in [1.165, 1.54) is 18.2 Å². The highest BCUT2D eigenvalue weighted by molar-refractivity contribution is 9.10. The summed E-state index contributed by atoms with van der Waals surface area (Å²) in [4.78, 5) is 23.3. The maximum Gasteiger partial charge on any atom is 0.335 e. The number of carboxylic acid groups (broad SMARTS) is 1.